The maximum atomic E-state index is 4.71. The highest BCUT2D eigenvalue weighted by Gasteiger charge is 2.11. The summed E-state index contributed by atoms with van der Waals surface area (Å²) in [6.45, 7) is 7.22. The highest BCUT2D eigenvalue weighted by molar-refractivity contribution is 5.56. The normalized spacial score (nSPS) is 14.1. The Morgan fingerprint density at radius 2 is 1.62 bits per heavy atom. The maximum Gasteiger partial charge on any atom is 0.180 e. The van der Waals surface area contributed by atoms with Gasteiger partial charge in [-0.25, -0.2) is 24.9 Å². The molecule has 1 aliphatic rings. The predicted octanol–water partition coefficient (Wildman–Crippen LogP) is 3.38. The SMILES string of the molecule is Cc1cccc(-c2nccc(Nc3ccnc(Cc4cccc(CN5CCNCC5)c4)n3)n2)n1. The molecule has 172 valence electrons. The third kappa shape index (κ3) is 5.78. The maximum absolute atomic E-state index is 4.71. The second-order valence-electron chi connectivity index (χ2n) is 8.44. The summed E-state index contributed by atoms with van der Waals surface area (Å²) >= 11 is 0. The van der Waals surface area contributed by atoms with Crippen LogP contribution in [0.5, 0.6) is 0 Å². The topological polar surface area (TPSA) is 91.8 Å². The lowest BCUT2D eigenvalue weighted by Gasteiger charge is -2.27. The van der Waals surface area contributed by atoms with E-state index in [2.05, 4.69) is 59.7 Å². The van der Waals surface area contributed by atoms with Crippen LogP contribution in [0.25, 0.3) is 11.5 Å². The molecule has 5 rings (SSSR count). The summed E-state index contributed by atoms with van der Waals surface area (Å²) in [5.41, 5.74) is 4.20. The van der Waals surface area contributed by atoms with Gasteiger partial charge in [-0.15, -0.1) is 0 Å². The summed E-state index contributed by atoms with van der Waals surface area (Å²) in [6, 6.07) is 18.2. The average molecular weight is 453 g/mol. The molecule has 4 aromatic rings. The molecule has 1 aromatic carbocycles. The molecule has 0 atom stereocenters. The standard InChI is InChI=1S/C26H28N8/c1-19-4-2-7-22(30-19)26-29-11-9-24(33-26)31-23-8-10-28-25(32-23)17-20-5-3-6-21(16-20)18-34-14-12-27-13-15-34/h2-11,16,27H,12-15,17-18H2,1H3,(H,28,29,31,32,33). The number of pyridine rings is 1. The number of benzene rings is 1. The van der Waals surface area contributed by atoms with Crippen molar-refractivity contribution in [3.8, 4) is 11.5 Å². The van der Waals surface area contributed by atoms with E-state index in [1.54, 1.807) is 12.4 Å². The summed E-state index contributed by atoms with van der Waals surface area (Å²) in [4.78, 5) is 25.2. The molecular formula is C26H28N8. The number of nitrogens with one attached hydrogen (secondary N) is 2. The van der Waals surface area contributed by atoms with Gasteiger partial charge in [-0.2, -0.15) is 0 Å². The molecular weight excluding hydrogens is 424 g/mol. The van der Waals surface area contributed by atoms with Gasteiger partial charge in [-0.3, -0.25) is 4.90 Å². The van der Waals surface area contributed by atoms with Crippen molar-refractivity contribution < 1.29 is 0 Å². The van der Waals surface area contributed by atoms with Crippen LogP contribution in [0.3, 0.4) is 0 Å². The first-order valence-electron chi connectivity index (χ1n) is 11.6. The first-order valence-corrected chi connectivity index (χ1v) is 11.6. The van der Waals surface area contributed by atoms with Crippen LogP contribution in [0.15, 0.2) is 67.0 Å². The minimum atomic E-state index is 0.573. The second kappa shape index (κ2) is 10.5. The Hall–Kier alpha value is -3.75. The number of piperazine rings is 1. The van der Waals surface area contributed by atoms with Gasteiger partial charge in [-0.1, -0.05) is 30.3 Å². The minimum absolute atomic E-state index is 0.573. The fourth-order valence-electron chi connectivity index (χ4n) is 4.05. The molecule has 34 heavy (non-hydrogen) atoms. The van der Waals surface area contributed by atoms with E-state index in [4.69, 9.17) is 4.98 Å². The van der Waals surface area contributed by atoms with Crippen LogP contribution in [-0.2, 0) is 13.0 Å². The fourth-order valence-corrected chi connectivity index (χ4v) is 4.05. The smallest absolute Gasteiger partial charge is 0.180 e. The summed E-state index contributed by atoms with van der Waals surface area (Å²) in [7, 11) is 0. The van der Waals surface area contributed by atoms with Gasteiger partial charge in [0.25, 0.3) is 0 Å². The monoisotopic (exact) mass is 452 g/mol. The predicted molar refractivity (Wildman–Crippen MR) is 133 cm³/mol. The molecule has 0 saturated carbocycles. The summed E-state index contributed by atoms with van der Waals surface area (Å²) in [5, 5.41) is 6.68. The van der Waals surface area contributed by atoms with Crippen molar-refractivity contribution in [3.05, 3.63) is 89.6 Å². The molecule has 0 amide bonds. The Labute approximate surface area is 199 Å². The Kier molecular flexibility index (Phi) is 6.78. The Balaban J connectivity index is 1.27. The molecule has 2 N–H and O–H groups in total. The van der Waals surface area contributed by atoms with E-state index in [-0.39, 0.29) is 0 Å². The summed E-state index contributed by atoms with van der Waals surface area (Å²) in [6.07, 6.45) is 4.17. The van der Waals surface area contributed by atoms with E-state index in [9.17, 15) is 0 Å². The Bertz CT molecular complexity index is 1250. The molecule has 0 radical (unpaired) electrons. The van der Waals surface area contributed by atoms with Crippen molar-refractivity contribution in [3.63, 3.8) is 0 Å². The van der Waals surface area contributed by atoms with Gasteiger partial charge < -0.3 is 10.6 Å². The molecule has 3 aromatic heterocycles. The molecule has 0 unspecified atom stereocenters. The molecule has 0 spiro atoms. The first-order chi connectivity index (χ1) is 16.7. The van der Waals surface area contributed by atoms with Gasteiger partial charge in [-0.05, 0) is 42.3 Å². The van der Waals surface area contributed by atoms with E-state index in [1.165, 1.54) is 11.1 Å². The quantitative estimate of drug-likeness (QED) is 0.441. The van der Waals surface area contributed by atoms with Gasteiger partial charge in [0, 0.05) is 57.2 Å². The average Bonchev–Trinajstić information content (AvgIpc) is 2.85. The van der Waals surface area contributed by atoms with Gasteiger partial charge in [0.05, 0.1) is 0 Å². The molecule has 8 nitrogen and oxygen atoms in total. The van der Waals surface area contributed by atoms with Crippen molar-refractivity contribution in [2.45, 2.75) is 19.9 Å². The molecule has 0 aliphatic carbocycles. The minimum Gasteiger partial charge on any atom is -0.325 e. The highest BCUT2D eigenvalue weighted by Crippen LogP contribution is 2.18. The van der Waals surface area contributed by atoms with Gasteiger partial charge >= 0.3 is 0 Å². The summed E-state index contributed by atoms with van der Waals surface area (Å²) < 4.78 is 0. The van der Waals surface area contributed by atoms with Crippen molar-refractivity contribution in [1.29, 1.82) is 0 Å². The lowest BCUT2D eigenvalue weighted by atomic mass is 10.1. The molecule has 0 bridgehead atoms. The van der Waals surface area contributed by atoms with Gasteiger partial charge in [0.2, 0.25) is 0 Å². The van der Waals surface area contributed by atoms with Crippen LogP contribution in [0.1, 0.15) is 22.6 Å². The number of hydrogen-bond acceptors (Lipinski definition) is 8. The lowest BCUT2D eigenvalue weighted by Crippen LogP contribution is -2.42. The van der Waals surface area contributed by atoms with Crippen molar-refractivity contribution in [2.75, 3.05) is 31.5 Å². The molecule has 1 fully saturated rings. The number of aryl methyl sites for hydroxylation is 1. The van der Waals surface area contributed by atoms with Crippen LogP contribution < -0.4 is 10.6 Å². The van der Waals surface area contributed by atoms with Gasteiger partial charge in [0.15, 0.2) is 5.82 Å². The number of aromatic nitrogens is 5. The van der Waals surface area contributed by atoms with Crippen LogP contribution >= 0.6 is 0 Å². The largest absolute Gasteiger partial charge is 0.325 e. The van der Waals surface area contributed by atoms with E-state index < -0.39 is 0 Å². The van der Waals surface area contributed by atoms with Crippen molar-refractivity contribution in [2.24, 2.45) is 0 Å². The van der Waals surface area contributed by atoms with Crippen LogP contribution in [0, 0.1) is 6.92 Å². The van der Waals surface area contributed by atoms with E-state index >= 15 is 0 Å². The number of rotatable bonds is 7. The van der Waals surface area contributed by atoms with Crippen LogP contribution in [0.2, 0.25) is 0 Å². The Morgan fingerprint density at radius 3 is 2.47 bits per heavy atom. The fraction of sp³-hybridized carbons (Fsp3) is 0.269. The van der Waals surface area contributed by atoms with E-state index in [0.29, 0.717) is 23.9 Å². The Morgan fingerprint density at radius 1 is 0.853 bits per heavy atom. The lowest BCUT2D eigenvalue weighted by molar-refractivity contribution is 0.233. The zero-order valence-corrected chi connectivity index (χ0v) is 19.3. The molecule has 8 heteroatoms. The first kappa shape index (κ1) is 22.1. The number of nitrogens with zero attached hydrogens (tertiary/aromatic N) is 6. The molecule has 1 aliphatic heterocycles. The second-order valence-corrected chi connectivity index (χ2v) is 8.44. The molecule has 4 heterocycles. The number of hydrogen-bond donors (Lipinski definition) is 2. The van der Waals surface area contributed by atoms with Crippen LogP contribution in [0.4, 0.5) is 11.6 Å². The zero-order valence-electron chi connectivity index (χ0n) is 19.3. The number of anilines is 2. The van der Waals surface area contributed by atoms with Crippen molar-refractivity contribution >= 4 is 11.6 Å². The third-order valence-electron chi connectivity index (χ3n) is 5.70. The summed E-state index contributed by atoms with van der Waals surface area (Å²) in [5.74, 6) is 2.70. The zero-order chi connectivity index (χ0) is 23.2. The molecule has 1 saturated heterocycles. The highest BCUT2D eigenvalue weighted by atomic mass is 15.2. The van der Waals surface area contributed by atoms with E-state index in [1.807, 2.05) is 37.3 Å². The van der Waals surface area contributed by atoms with Gasteiger partial charge in [0.1, 0.15) is 23.2 Å². The third-order valence-corrected chi connectivity index (χ3v) is 5.70. The van der Waals surface area contributed by atoms with Crippen LogP contribution in [-0.4, -0.2) is 56.0 Å². The van der Waals surface area contributed by atoms with Crippen molar-refractivity contribution in [1.82, 2.24) is 35.1 Å². The van der Waals surface area contributed by atoms with E-state index in [0.717, 1.165) is 49.9 Å².